The number of amides is 1. The molecule has 150 valence electrons. The number of carbonyl (C=O) groups excluding carboxylic acids is 1. The Morgan fingerprint density at radius 3 is 2.63 bits per heavy atom. The van der Waals surface area contributed by atoms with E-state index in [0.29, 0.717) is 12.5 Å². The van der Waals surface area contributed by atoms with Crippen molar-refractivity contribution in [3.05, 3.63) is 23.8 Å². The lowest BCUT2D eigenvalue weighted by Gasteiger charge is -2.41. The van der Waals surface area contributed by atoms with Crippen molar-refractivity contribution in [1.82, 2.24) is 15.1 Å². The third kappa shape index (κ3) is 5.36. The Morgan fingerprint density at radius 1 is 1.15 bits per heavy atom. The topological polar surface area (TPSA) is 54.0 Å². The maximum atomic E-state index is 12.6. The zero-order chi connectivity index (χ0) is 19.2. The molecule has 3 rings (SSSR count). The Bertz CT molecular complexity index is 629. The van der Waals surface area contributed by atoms with Gasteiger partial charge in [-0.2, -0.15) is 0 Å². The lowest BCUT2D eigenvalue weighted by molar-refractivity contribution is -0.121. The van der Waals surface area contributed by atoms with Crippen LogP contribution < -0.4 is 14.8 Å². The number of piperidine rings is 2. The summed E-state index contributed by atoms with van der Waals surface area (Å²) in [6.45, 7) is 4.47. The Hall–Kier alpha value is -1.79. The summed E-state index contributed by atoms with van der Waals surface area (Å²) in [5.41, 5.74) is 0.859. The number of nitrogens with one attached hydrogen (secondary N) is 1. The van der Waals surface area contributed by atoms with Crippen molar-refractivity contribution in [3.8, 4) is 11.5 Å². The minimum atomic E-state index is 0.0526. The van der Waals surface area contributed by atoms with Crippen LogP contribution in [-0.2, 0) is 11.2 Å². The minimum Gasteiger partial charge on any atom is -0.497 e. The third-order valence-corrected chi connectivity index (χ3v) is 5.86. The SMILES string of the molecule is COc1ccc(OC)c(CC(=O)N[C@@H]2CCCN(C3CCN(C)CC3)C2)c1. The number of carbonyl (C=O) groups is 1. The van der Waals surface area contributed by atoms with Crippen molar-refractivity contribution < 1.29 is 14.3 Å². The molecule has 1 amide bonds. The van der Waals surface area contributed by atoms with Gasteiger partial charge < -0.3 is 19.7 Å². The van der Waals surface area contributed by atoms with Gasteiger partial charge in [-0.05, 0) is 70.6 Å². The monoisotopic (exact) mass is 375 g/mol. The molecule has 1 aromatic rings. The Morgan fingerprint density at radius 2 is 1.93 bits per heavy atom. The van der Waals surface area contributed by atoms with E-state index in [2.05, 4.69) is 22.2 Å². The van der Waals surface area contributed by atoms with E-state index < -0.39 is 0 Å². The summed E-state index contributed by atoms with van der Waals surface area (Å²) in [5.74, 6) is 1.52. The van der Waals surface area contributed by atoms with Crippen LogP contribution in [0.25, 0.3) is 0 Å². The van der Waals surface area contributed by atoms with E-state index in [0.717, 1.165) is 43.0 Å². The first-order valence-corrected chi connectivity index (χ1v) is 10.0. The fourth-order valence-electron chi connectivity index (χ4n) is 4.29. The molecule has 0 bridgehead atoms. The van der Waals surface area contributed by atoms with Crippen LogP contribution in [0.4, 0.5) is 0 Å². The molecule has 1 aromatic carbocycles. The van der Waals surface area contributed by atoms with Gasteiger partial charge >= 0.3 is 0 Å². The smallest absolute Gasteiger partial charge is 0.224 e. The number of methoxy groups -OCH3 is 2. The van der Waals surface area contributed by atoms with Crippen LogP contribution in [0.3, 0.4) is 0 Å². The van der Waals surface area contributed by atoms with Crippen molar-refractivity contribution in [1.29, 1.82) is 0 Å². The van der Waals surface area contributed by atoms with Crippen LogP contribution in [0.15, 0.2) is 18.2 Å². The van der Waals surface area contributed by atoms with Crippen LogP contribution in [0, 0.1) is 0 Å². The predicted molar refractivity (Wildman–Crippen MR) is 107 cm³/mol. The summed E-state index contributed by atoms with van der Waals surface area (Å²) in [5, 5.41) is 3.25. The van der Waals surface area contributed by atoms with Gasteiger partial charge in [-0.1, -0.05) is 0 Å². The Balaban J connectivity index is 1.54. The molecular weight excluding hydrogens is 342 g/mol. The van der Waals surface area contributed by atoms with Gasteiger partial charge in [0.1, 0.15) is 11.5 Å². The van der Waals surface area contributed by atoms with Crippen molar-refractivity contribution in [2.24, 2.45) is 0 Å². The number of hydrogen-bond acceptors (Lipinski definition) is 5. The van der Waals surface area contributed by atoms with Gasteiger partial charge in [-0.3, -0.25) is 9.69 Å². The van der Waals surface area contributed by atoms with E-state index in [-0.39, 0.29) is 11.9 Å². The normalized spacial score (nSPS) is 22.4. The fraction of sp³-hybridized carbons (Fsp3) is 0.667. The third-order valence-electron chi connectivity index (χ3n) is 5.86. The predicted octanol–water partition coefficient (Wildman–Crippen LogP) is 1.92. The van der Waals surface area contributed by atoms with E-state index in [4.69, 9.17) is 9.47 Å². The molecule has 0 spiro atoms. The molecule has 0 saturated carbocycles. The van der Waals surface area contributed by atoms with Crippen molar-refractivity contribution in [2.75, 3.05) is 47.4 Å². The molecule has 1 atom stereocenters. The van der Waals surface area contributed by atoms with Crippen LogP contribution in [0.5, 0.6) is 11.5 Å². The maximum absolute atomic E-state index is 12.6. The van der Waals surface area contributed by atoms with Crippen molar-refractivity contribution in [3.63, 3.8) is 0 Å². The second kappa shape index (κ2) is 9.42. The van der Waals surface area contributed by atoms with Gasteiger partial charge in [0, 0.05) is 24.2 Å². The molecule has 6 nitrogen and oxygen atoms in total. The zero-order valence-electron chi connectivity index (χ0n) is 16.9. The van der Waals surface area contributed by atoms with E-state index in [1.807, 2.05) is 18.2 Å². The quantitative estimate of drug-likeness (QED) is 0.823. The van der Waals surface area contributed by atoms with Crippen LogP contribution in [0.2, 0.25) is 0 Å². The number of ether oxygens (including phenoxy) is 2. The number of rotatable bonds is 6. The second-order valence-electron chi connectivity index (χ2n) is 7.79. The summed E-state index contributed by atoms with van der Waals surface area (Å²) >= 11 is 0. The van der Waals surface area contributed by atoms with Gasteiger partial charge in [-0.25, -0.2) is 0 Å². The van der Waals surface area contributed by atoms with Gasteiger partial charge in [0.15, 0.2) is 0 Å². The van der Waals surface area contributed by atoms with Crippen LogP contribution in [0.1, 0.15) is 31.2 Å². The number of likely N-dealkylation sites (tertiary alicyclic amines) is 2. The summed E-state index contributed by atoms with van der Waals surface area (Å²) in [6.07, 6.45) is 4.99. The van der Waals surface area contributed by atoms with Crippen molar-refractivity contribution in [2.45, 2.75) is 44.2 Å². The standard InChI is InChI=1S/C21H33N3O3/c1-23-11-8-18(9-12-23)24-10-4-5-17(15-24)22-21(25)14-16-13-19(26-2)6-7-20(16)27-3/h6-7,13,17-18H,4-5,8-12,14-15H2,1-3H3,(H,22,25)/t17-/m1/s1. The highest BCUT2D eigenvalue weighted by Crippen LogP contribution is 2.25. The number of nitrogens with zero attached hydrogens (tertiary/aromatic N) is 2. The highest BCUT2D eigenvalue weighted by Gasteiger charge is 2.28. The number of benzene rings is 1. The van der Waals surface area contributed by atoms with Gasteiger partial charge in [-0.15, -0.1) is 0 Å². The molecule has 2 fully saturated rings. The van der Waals surface area contributed by atoms with Gasteiger partial charge in [0.25, 0.3) is 0 Å². The lowest BCUT2D eigenvalue weighted by atomic mass is 9.98. The van der Waals surface area contributed by atoms with Crippen LogP contribution >= 0.6 is 0 Å². The van der Waals surface area contributed by atoms with Crippen molar-refractivity contribution >= 4 is 5.91 Å². The second-order valence-corrected chi connectivity index (χ2v) is 7.79. The van der Waals surface area contributed by atoms with E-state index in [9.17, 15) is 4.79 Å². The fourth-order valence-corrected chi connectivity index (χ4v) is 4.29. The van der Waals surface area contributed by atoms with E-state index in [1.54, 1.807) is 14.2 Å². The molecule has 2 aliphatic heterocycles. The van der Waals surface area contributed by atoms with Gasteiger partial charge in [0.05, 0.1) is 20.6 Å². The van der Waals surface area contributed by atoms with Gasteiger partial charge in [0.2, 0.25) is 5.91 Å². The first-order chi connectivity index (χ1) is 13.1. The molecule has 27 heavy (non-hydrogen) atoms. The summed E-state index contributed by atoms with van der Waals surface area (Å²) in [7, 11) is 5.46. The molecule has 0 unspecified atom stereocenters. The molecule has 6 heteroatoms. The molecule has 0 aliphatic carbocycles. The molecule has 2 saturated heterocycles. The van der Waals surface area contributed by atoms with E-state index in [1.165, 1.54) is 25.9 Å². The first kappa shape index (κ1) is 20.0. The first-order valence-electron chi connectivity index (χ1n) is 10.0. The average Bonchev–Trinajstić information content (AvgIpc) is 2.68. The minimum absolute atomic E-state index is 0.0526. The molecule has 1 N–H and O–H groups in total. The zero-order valence-corrected chi connectivity index (χ0v) is 16.9. The molecular formula is C21H33N3O3. The summed E-state index contributed by atoms with van der Waals surface area (Å²) in [6, 6.07) is 6.48. The summed E-state index contributed by atoms with van der Waals surface area (Å²) < 4.78 is 10.7. The molecule has 2 heterocycles. The highest BCUT2D eigenvalue weighted by atomic mass is 16.5. The largest absolute Gasteiger partial charge is 0.497 e. The van der Waals surface area contributed by atoms with E-state index >= 15 is 0 Å². The average molecular weight is 376 g/mol. The molecule has 2 aliphatic rings. The summed E-state index contributed by atoms with van der Waals surface area (Å²) in [4.78, 5) is 17.6. The Labute approximate surface area is 162 Å². The molecule has 0 aromatic heterocycles. The molecule has 0 radical (unpaired) electrons. The van der Waals surface area contributed by atoms with Crippen LogP contribution in [-0.4, -0.2) is 75.2 Å². The maximum Gasteiger partial charge on any atom is 0.224 e. The Kier molecular flexibility index (Phi) is 6.96. The lowest BCUT2D eigenvalue weighted by Crippen LogP contribution is -2.53. The highest BCUT2D eigenvalue weighted by molar-refractivity contribution is 5.79. The number of hydrogen-bond donors (Lipinski definition) is 1.